The van der Waals surface area contributed by atoms with Gasteiger partial charge in [-0.05, 0) is 63.6 Å². The molecule has 0 bridgehead atoms. The molecular formula is C16H18ClNO5S. The molecule has 0 spiro atoms. The number of aryl methyl sites for hydroxylation is 1. The van der Waals surface area contributed by atoms with Crippen LogP contribution < -0.4 is 9.46 Å². The van der Waals surface area contributed by atoms with Crippen molar-refractivity contribution in [3.8, 4) is 5.75 Å². The Labute approximate surface area is 145 Å². The molecule has 1 aromatic carbocycles. The Bertz CT molecular complexity index is 865. The van der Waals surface area contributed by atoms with Crippen LogP contribution in [0.4, 0.5) is 0 Å². The van der Waals surface area contributed by atoms with Crippen LogP contribution in [0, 0.1) is 6.92 Å². The van der Waals surface area contributed by atoms with Crippen LogP contribution in [-0.2, 0) is 10.0 Å². The van der Waals surface area contributed by atoms with Gasteiger partial charge in [-0.15, -0.1) is 0 Å². The summed E-state index contributed by atoms with van der Waals surface area (Å²) in [5, 5.41) is 0.170. The van der Waals surface area contributed by atoms with E-state index in [1.807, 2.05) is 0 Å². The van der Waals surface area contributed by atoms with E-state index in [9.17, 15) is 13.2 Å². The summed E-state index contributed by atoms with van der Waals surface area (Å²) in [4.78, 5) is 12.1. The number of carbonyl (C=O) groups excluding carboxylic acids is 1. The van der Waals surface area contributed by atoms with Gasteiger partial charge in [0.1, 0.15) is 5.75 Å². The summed E-state index contributed by atoms with van der Waals surface area (Å²) in [6, 6.07) is 7.25. The first-order chi connectivity index (χ1) is 11.0. The molecule has 0 atom stereocenters. The van der Waals surface area contributed by atoms with Crippen LogP contribution in [0.1, 0.15) is 36.9 Å². The molecule has 0 aliphatic rings. The Morgan fingerprint density at radius 2 is 1.88 bits per heavy atom. The molecule has 0 aliphatic carbocycles. The van der Waals surface area contributed by atoms with E-state index < -0.39 is 21.5 Å². The normalized spacial score (nSPS) is 12.2. The monoisotopic (exact) mass is 371 g/mol. The summed E-state index contributed by atoms with van der Waals surface area (Å²) in [6.45, 7) is 6.84. The molecule has 0 radical (unpaired) electrons. The molecule has 2 aromatic rings. The van der Waals surface area contributed by atoms with Crippen LogP contribution in [0.25, 0.3) is 0 Å². The van der Waals surface area contributed by atoms with Gasteiger partial charge in [0.2, 0.25) is 10.9 Å². The lowest BCUT2D eigenvalue weighted by Crippen LogP contribution is -2.40. The Morgan fingerprint density at radius 3 is 2.46 bits per heavy atom. The molecule has 0 unspecified atom stereocenters. The fraction of sp³-hybridized carbons (Fsp3) is 0.312. The minimum absolute atomic E-state index is 0.210. The zero-order chi connectivity index (χ0) is 18.1. The Hall–Kier alpha value is -1.83. The Morgan fingerprint density at radius 1 is 1.21 bits per heavy atom. The molecule has 130 valence electrons. The van der Waals surface area contributed by atoms with Crippen LogP contribution in [0.3, 0.4) is 0 Å². The number of ether oxygens (including phenoxy) is 1. The van der Waals surface area contributed by atoms with E-state index in [4.69, 9.17) is 20.8 Å². The van der Waals surface area contributed by atoms with Gasteiger partial charge in [-0.25, -0.2) is 17.9 Å². The quantitative estimate of drug-likeness (QED) is 0.656. The number of hydrogen-bond acceptors (Lipinski definition) is 5. The average molecular weight is 372 g/mol. The smallest absolute Gasteiger partial charge is 0.379 e. The predicted octanol–water partition coefficient (Wildman–Crippen LogP) is 3.54. The number of furan rings is 1. The first kappa shape index (κ1) is 18.5. The van der Waals surface area contributed by atoms with Crippen LogP contribution in [0.2, 0.25) is 5.02 Å². The predicted molar refractivity (Wildman–Crippen MR) is 89.9 cm³/mol. The van der Waals surface area contributed by atoms with Crippen molar-refractivity contribution in [2.45, 2.75) is 38.3 Å². The van der Waals surface area contributed by atoms with E-state index >= 15 is 0 Å². The van der Waals surface area contributed by atoms with E-state index in [1.165, 1.54) is 12.1 Å². The first-order valence-corrected chi connectivity index (χ1v) is 8.96. The maximum atomic E-state index is 12.2. The zero-order valence-electron chi connectivity index (χ0n) is 13.7. The van der Waals surface area contributed by atoms with Crippen molar-refractivity contribution >= 4 is 27.6 Å². The van der Waals surface area contributed by atoms with Crippen molar-refractivity contribution in [3.05, 3.63) is 46.7 Å². The third-order valence-electron chi connectivity index (χ3n) is 2.83. The number of hydrogen-bond donors (Lipinski definition) is 1. The first-order valence-electron chi connectivity index (χ1n) is 7.10. The maximum absolute atomic E-state index is 12.2. The van der Waals surface area contributed by atoms with Gasteiger partial charge >= 0.3 is 5.97 Å². The van der Waals surface area contributed by atoms with Crippen molar-refractivity contribution in [1.82, 2.24) is 4.72 Å². The molecule has 1 aromatic heterocycles. The van der Waals surface area contributed by atoms with Gasteiger partial charge in [-0.2, -0.15) is 0 Å². The van der Waals surface area contributed by atoms with Crippen molar-refractivity contribution in [2.24, 2.45) is 0 Å². The molecular weight excluding hydrogens is 354 g/mol. The van der Waals surface area contributed by atoms with Gasteiger partial charge in [-0.3, -0.25) is 0 Å². The minimum Gasteiger partial charge on any atom is -0.436 e. The summed E-state index contributed by atoms with van der Waals surface area (Å²) in [5.74, 6) is -0.686. The highest BCUT2D eigenvalue weighted by Crippen LogP contribution is 2.24. The number of rotatable bonds is 4. The average Bonchev–Trinajstić information content (AvgIpc) is 2.89. The molecule has 1 heterocycles. The standard InChI is InChI=1S/C16H18ClNO5S/c1-10-9-11(17)5-6-12(10)23-15(19)13-7-8-14(22-13)24(20,21)18-16(2,3)4/h5-9,18H,1-4H3. The molecule has 0 aliphatic heterocycles. The highest BCUT2D eigenvalue weighted by molar-refractivity contribution is 7.89. The highest BCUT2D eigenvalue weighted by Gasteiger charge is 2.26. The summed E-state index contributed by atoms with van der Waals surface area (Å²) in [5.41, 5.74) is -0.00292. The lowest BCUT2D eigenvalue weighted by atomic mass is 10.1. The van der Waals surface area contributed by atoms with Crippen molar-refractivity contribution in [2.75, 3.05) is 0 Å². The molecule has 2 rings (SSSR count). The molecule has 0 fully saturated rings. The van der Waals surface area contributed by atoms with Crippen LogP contribution in [0.5, 0.6) is 5.75 Å². The van der Waals surface area contributed by atoms with E-state index in [0.29, 0.717) is 16.3 Å². The summed E-state index contributed by atoms with van der Waals surface area (Å²) in [6.07, 6.45) is 0. The summed E-state index contributed by atoms with van der Waals surface area (Å²) < 4.78 is 37.1. The fourth-order valence-electron chi connectivity index (χ4n) is 1.91. The molecule has 8 heteroatoms. The van der Waals surface area contributed by atoms with Crippen molar-refractivity contribution < 1.29 is 22.4 Å². The topological polar surface area (TPSA) is 85.6 Å². The lowest BCUT2D eigenvalue weighted by molar-refractivity contribution is 0.0694. The SMILES string of the molecule is Cc1cc(Cl)ccc1OC(=O)c1ccc(S(=O)(=O)NC(C)(C)C)o1. The fourth-order valence-corrected chi connectivity index (χ4v) is 3.49. The molecule has 0 amide bonds. The van der Waals surface area contributed by atoms with E-state index in [1.54, 1.807) is 45.9 Å². The molecule has 1 N–H and O–H groups in total. The zero-order valence-corrected chi connectivity index (χ0v) is 15.3. The summed E-state index contributed by atoms with van der Waals surface area (Å²) in [7, 11) is -3.86. The second-order valence-electron chi connectivity index (χ2n) is 6.27. The van der Waals surface area contributed by atoms with Gasteiger partial charge < -0.3 is 9.15 Å². The molecule has 0 saturated carbocycles. The van der Waals surface area contributed by atoms with E-state index in [2.05, 4.69) is 4.72 Å². The number of carbonyl (C=O) groups is 1. The maximum Gasteiger partial charge on any atom is 0.379 e. The second kappa shape index (κ2) is 6.58. The van der Waals surface area contributed by atoms with E-state index in [0.717, 1.165) is 0 Å². The number of sulfonamides is 1. The number of benzene rings is 1. The largest absolute Gasteiger partial charge is 0.436 e. The third-order valence-corrected chi connectivity index (χ3v) is 4.69. The van der Waals surface area contributed by atoms with Crippen LogP contribution in [-0.4, -0.2) is 19.9 Å². The number of nitrogens with one attached hydrogen (secondary N) is 1. The Balaban J connectivity index is 2.19. The molecule has 24 heavy (non-hydrogen) atoms. The lowest BCUT2D eigenvalue weighted by Gasteiger charge is -2.18. The third kappa shape index (κ3) is 4.59. The van der Waals surface area contributed by atoms with Crippen LogP contribution in [0.15, 0.2) is 39.8 Å². The van der Waals surface area contributed by atoms with Gasteiger partial charge in [0.15, 0.2) is 0 Å². The van der Waals surface area contributed by atoms with E-state index in [-0.39, 0.29) is 10.9 Å². The van der Waals surface area contributed by atoms with Crippen molar-refractivity contribution in [1.29, 1.82) is 0 Å². The Kier molecular flexibility index (Phi) is 5.08. The molecule has 6 nitrogen and oxygen atoms in total. The van der Waals surface area contributed by atoms with Crippen LogP contribution >= 0.6 is 11.6 Å². The van der Waals surface area contributed by atoms with Gasteiger partial charge in [0, 0.05) is 10.6 Å². The second-order valence-corrected chi connectivity index (χ2v) is 8.32. The van der Waals surface area contributed by atoms with Gasteiger partial charge in [-0.1, -0.05) is 11.6 Å². The number of esters is 1. The molecule has 0 saturated heterocycles. The summed E-state index contributed by atoms with van der Waals surface area (Å²) >= 11 is 5.84. The van der Waals surface area contributed by atoms with Crippen molar-refractivity contribution in [3.63, 3.8) is 0 Å². The van der Waals surface area contributed by atoms with Gasteiger partial charge in [0.05, 0.1) is 0 Å². The number of halogens is 1. The highest BCUT2D eigenvalue weighted by atomic mass is 35.5. The minimum atomic E-state index is -3.86. The van der Waals surface area contributed by atoms with Gasteiger partial charge in [0.25, 0.3) is 10.0 Å².